The Balaban J connectivity index is 1.29. The van der Waals surface area contributed by atoms with Crippen molar-refractivity contribution in [2.75, 3.05) is 42.9 Å². The number of hydrogen-bond acceptors (Lipinski definition) is 6. The van der Waals surface area contributed by atoms with Gasteiger partial charge in [-0.15, -0.1) is 0 Å². The molecular weight excluding hydrogens is 440 g/mol. The van der Waals surface area contributed by atoms with Crippen molar-refractivity contribution in [3.05, 3.63) is 46.7 Å². The highest BCUT2D eigenvalue weighted by Crippen LogP contribution is 2.55. The van der Waals surface area contributed by atoms with Crippen LogP contribution in [-0.4, -0.2) is 65.4 Å². The van der Waals surface area contributed by atoms with E-state index >= 15 is 0 Å². The number of hydrogen-bond donors (Lipinski definition) is 2. The van der Waals surface area contributed by atoms with Gasteiger partial charge in [0.25, 0.3) is 0 Å². The molecule has 0 spiro atoms. The third kappa shape index (κ3) is 4.42. The van der Waals surface area contributed by atoms with Crippen molar-refractivity contribution < 1.29 is 9.59 Å². The Bertz CT molecular complexity index is 1050. The number of nitrogens with zero attached hydrogens (tertiary/aromatic N) is 4. The largest absolute Gasteiger partial charge is 0.353 e. The van der Waals surface area contributed by atoms with Crippen LogP contribution in [0, 0.1) is 5.92 Å². The quantitative estimate of drug-likeness (QED) is 0.677. The van der Waals surface area contributed by atoms with Gasteiger partial charge in [-0.3, -0.25) is 9.59 Å². The standard InChI is InChI=1S/C24H29ClN6O2/c1-14(2)26-12-19(15-3-5-16(25)6-4-15)24(33)31-9-7-30(8-10-31)22-20-17-11-18(17)23(32)29-21(20)27-13-28-22/h3-6,13-14,17-19,26H,7-12H2,1-2H3,(H,27,28,29,32)/t17-,18+,19+/m0/s1. The van der Waals surface area contributed by atoms with Crippen LogP contribution < -0.4 is 15.5 Å². The zero-order valence-corrected chi connectivity index (χ0v) is 19.7. The lowest BCUT2D eigenvalue weighted by Gasteiger charge is -2.38. The molecule has 2 aliphatic heterocycles. The minimum absolute atomic E-state index is 0.0544. The monoisotopic (exact) mass is 468 g/mol. The fourth-order valence-electron chi connectivity index (χ4n) is 4.85. The second-order valence-electron chi connectivity index (χ2n) is 9.38. The maximum atomic E-state index is 13.5. The van der Waals surface area contributed by atoms with E-state index in [-0.39, 0.29) is 29.6 Å². The Hall–Kier alpha value is -2.71. The summed E-state index contributed by atoms with van der Waals surface area (Å²) in [5, 5.41) is 7.00. The molecule has 1 aromatic carbocycles. The lowest BCUT2D eigenvalue weighted by Crippen LogP contribution is -2.51. The number of carbonyl (C=O) groups is 2. The Morgan fingerprint density at radius 2 is 1.88 bits per heavy atom. The van der Waals surface area contributed by atoms with Crippen LogP contribution in [0.25, 0.3) is 0 Å². The molecule has 2 N–H and O–H groups in total. The molecule has 0 bridgehead atoms. The second-order valence-corrected chi connectivity index (χ2v) is 9.81. The number of halogens is 1. The van der Waals surface area contributed by atoms with Crippen molar-refractivity contribution in [1.82, 2.24) is 20.2 Å². The van der Waals surface area contributed by atoms with Gasteiger partial charge in [0.1, 0.15) is 18.0 Å². The van der Waals surface area contributed by atoms with Gasteiger partial charge in [0.15, 0.2) is 0 Å². The van der Waals surface area contributed by atoms with E-state index < -0.39 is 0 Å². The van der Waals surface area contributed by atoms with Gasteiger partial charge >= 0.3 is 0 Å². The predicted octanol–water partition coefficient (Wildman–Crippen LogP) is 2.62. The molecule has 8 nitrogen and oxygen atoms in total. The molecule has 1 aromatic heterocycles. The van der Waals surface area contributed by atoms with E-state index in [2.05, 4.69) is 39.3 Å². The number of nitrogens with one attached hydrogen (secondary N) is 2. The average Bonchev–Trinajstić information content (AvgIpc) is 3.62. The Morgan fingerprint density at radius 3 is 2.58 bits per heavy atom. The molecule has 3 atom stereocenters. The SMILES string of the molecule is CC(C)NC[C@@H](C(=O)N1CCN(c2ncnc3c2[C@H]2C[C@H]2C(=O)N3)CC1)c1ccc(Cl)cc1. The van der Waals surface area contributed by atoms with E-state index in [0.717, 1.165) is 23.4 Å². The summed E-state index contributed by atoms with van der Waals surface area (Å²) >= 11 is 6.07. The number of aromatic nitrogens is 2. The Kier molecular flexibility index (Phi) is 5.97. The third-order valence-electron chi connectivity index (χ3n) is 6.79. The van der Waals surface area contributed by atoms with Crippen LogP contribution in [0.2, 0.25) is 5.02 Å². The predicted molar refractivity (Wildman–Crippen MR) is 128 cm³/mol. The van der Waals surface area contributed by atoms with Crippen LogP contribution in [0.1, 0.15) is 43.2 Å². The molecule has 5 rings (SSSR count). The van der Waals surface area contributed by atoms with Crippen molar-refractivity contribution in [3.63, 3.8) is 0 Å². The summed E-state index contributed by atoms with van der Waals surface area (Å²) in [5.41, 5.74) is 2.03. The molecule has 0 radical (unpaired) electrons. The number of rotatable bonds is 6. The van der Waals surface area contributed by atoms with E-state index in [0.29, 0.717) is 49.6 Å². The molecule has 0 unspecified atom stereocenters. The fraction of sp³-hybridized carbons (Fsp3) is 0.500. The van der Waals surface area contributed by atoms with Crippen LogP contribution in [-0.2, 0) is 9.59 Å². The summed E-state index contributed by atoms with van der Waals surface area (Å²) in [6.07, 6.45) is 2.38. The lowest BCUT2D eigenvalue weighted by molar-refractivity contribution is -0.133. The van der Waals surface area contributed by atoms with Gasteiger partial charge in [-0.2, -0.15) is 0 Å². The number of anilines is 2. The lowest BCUT2D eigenvalue weighted by atomic mass is 9.96. The van der Waals surface area contributed by atoms with Gasteiger partial charge in [0.05, 0.1) is 5.92 Å². The molecule has 3 heterocycles. The van der Waals surface area contributed by atoms with Gasteiger partial charge in [-0.1, -0.05) is 37.6 Å². The maximum Gasteiger partial charge on any atom is 0.231 e. The second kappa shape index (κ2) is 8.91. The van der Waals surface area contributed by atoms with E-state index in [1.807, 2.05) is 29.2 Å². The molecule has 1 saturated carbocycles. The average molecular weight is 469 g/mol. The van der Waals surface area contributed by atoms with Crippen LogP contribution in [0.15, 0.2) is 30.6 Å². The highest BCUT2D eigenvalue weighted by Gasteiger charge is 2.51. The Morgan fingerprint density at radius 1 is 1.15 bits per heavy atom. The van der Waals surface area contributed by atoms with Gasteiger partial charge < -0.3 is 20.4 Å². The minimum Gasteiger partial charge on any atom is -0.353 e. The first kappa shape index (κ1) is 22.1. The van der Waals surface area contributed by atoms with Crippen LogP contribution in [0.4, 0.5) is 11.6 Å². The zero-order chi connectivity index (χ0) is 23.1. The topological polar surface area (TPSA) is 90.5 Å². The first-order valence-corrected chi connectivity index (χ1v) is 12.0. The number of amides is 2. The van der Waals surface area contributed by atoms with Gasteiger partial charge in [0.2, 0.25) is 11.8 Å². The van der Waals surface area contributed by atoms with Gasteiger partial charge in [-0.05, 0) is 24.1 Å². The van der Waals surface area contributed by atoms with Crippen molar-refractivity contribution in [2.45, 2.75) is 38.1 Å². The van der Waals surface area contributed by atoms with E-state index in [1.54, 1.807) is 0 Å². The molecule has 1 saturated heterocycles. The molecular formula is C24H29ClN6O2. The van der Waals surface area contributed by atoms with Crippen molar-refractivity contribution in [1.29, 1.82) is 0 Å². The van der Waals surface area contributed by atoms with Crippen molar-refractivity contribution in [2.24, 2.45) is 5.92 Å². The van der Waals surface area contributed by atoms with Gasteiger partial charge in [0, 0.05) is 61.2 Å². The molecule has 174 valence electrons. The first-order valence-electron chi connectivity index (χ1n) is 11.6. The highest BCUT2D eigenvalue weighted by atomic mass is 35.5. The summed E-state index contributed by atoms with van der Waals surface area (Å²) in [7, 11) is 0. The summed E-state index contributed by atoms with van der Waals surface area (Å²) in [4.78, 5) is 38.6. The molecule has 3 aliphatic rings. The van der Waals surface area contributed by atoms with E-state index in [9.17, 15) is 9.59 Å². The number of benzene rings is 1. The summed E-state index contributed by atoms with van der Waals surface area (Å²) in [6, 6.07) is 7.85. The van der Waals surface area contributed by atoms with Crippen molar-refractivity contribution >= 4 is 35.1 Å². The molecule has 2 aromatic rings. The maximum absolute atomic E-state index is 13.5. The van der Waals surface area contributed by atoms with Crippen LogP contribution >= 0.6 is 11.6 Å². The summed E-state index contributed by atoms with van der Waals surface area (Å²) in [5.74, 6) is 1.76. The summed E-state index contributed by atoms with van der Waals surface area (Å²) < 4.78 is 0. The third-order valence-corrected chi connectivity index (χ3v) is 7.05. The molecule has 2 amide bonds. The number of fused-ring (bicyclic) bond motifs is 3. The normalized spacial score (nSPS) is 22.5. The zero-order valence-electron chi connectivity index (χ0n) is 18.9. The molecule has 2 fully saturated rings. The molecule has 1 aliphatic carbocycles. The number of carbonyl (C=O) groups excluding carboxylic acids is 2. The molecule has 33 heavy (non-hydrogen) atoms. The van der Waals surface area contributed by atoms with E-state index in [1.165, 1.54) is 6.33 Å². The Labute approximate surface area is 198 Å². The number of piperazine rings is 1. The minimum atomic E-state index is -0.259. The highest BCUT2D eigenvalue weighted by molar-refractivity contribution is 6.30. The smallest absolute Gasteiger partial charge is 0.231 e. The molecule has 9 heteroatoms. The first-order chi connectivity index (χ1) is 15.9. The van der Waals surface area contributed by atoms with Crippen LogP contribution in [0.3, 0.4) is 0 Å². The van der Waals surface area contributed by atoms with Gasteiger partial charge in [-0.25, -0.2) is 9.97 Å². The van der Waals surface area contributed by atoms with Crippen LogP contribution in [0.5, 0.6) is 0 Å². The van der Waals surface area contributed by atoms with Crippen molar-refractivity contribution in [3.8, 4) is 0 Å². The fourth-order valence-corrected chi connectivity index (χ4v) is 4.97. The summed E-state index contributed by atoms with van der Waals surface area (Å²) in [6.45, 7) is 7.40. The van der Waals surface area contributed by atoms with E-state index in [4.69, 9.17) is 11.6 Å².